The SMILES string of the molecule is CSc1ccccc1-c1c(F)c(F)c(F)c(F)c1F. The number of hydrogen-bond acceptors (Lipinski definition) is 1. The van der Waals surface area contributed by atoms with Gasteiger partial charge in [0.15, 0.2) is 23.3 Å². The molecule has 2 aromatic rings. The number of thioether (sulfide) groups is 1. The molecule has 0 N–H and O–H groups in total. The van der Waals surface area contributed by atoms with Crippen LogP contribution in [0, 0.1) is 29.1 Å². The van der Waals surface area contributed by atoms with Gasteiger partial charge in [0.25, 0.3) is 0 Å². The molecule has 0 bridgehead atoms. The van der Waals surface area contributed by atoms with Crippen LogP contribution >= 0.6 is 11.8 Å². The highest BCUT2D eigenvalue weighted by Crippen LogP contribution is 2.36. The minimum atomic E-state index is -2.15. The first-order chi connectivity index (χ1) is 8.99. The maximum absolute atomic E-state index is 13.7. The van der Waals surface area contributed by atoms with E-state index in [1.807, 2.05) is 0 Å². The summed E-state index contributed by atoms with van der Waals surface area (Å²) >= 11 is 1.15. The van der Waals surface area contributed by atoms with Crippen molar-refractivity contribution in [2.75, 3.05) is 6.26 Å². The zero-order chi connectivity index (χ0) is 14.2. The molecule has 0 aromatic heterocycles. The van der Waals surface area contributed by atoms with Gasteiger partial charge in [-0.15, -0.1) is 11.8 Å². The van der Waals surface area contributed by atoms with E-state index in [4.69, 9.17) is 0 Å². The van der Waals surface area contributed by atoms with Crippen LogP contribution in [0.1, 0.15) is 0 Å². The normalized spacial score (nSPS) is 10.8. The average Bonchev–Trinajstić information content (AvgIpc) is 2.44. The zero-order valence-corrected chi connectivity index (χ0v) is 10.4. The van der Waals surface area contributed by atoms with Crippen molar-refractivity contribution in [1.29, 1.82) is 0 Å². The molecule has 2 aromatic carbocycles. The molecule has 0 amide bonds. The quantitative estimate of drug-likeness (QED) is 0.332. The molecule has 0 spiro atoms. The van der Waals surface area contributed by atoms with E-state index in [0.717, 1.165) is 11.8 Å². The van der Waals surface area contributed by atoms with Crippen LogP contribution in [0.2, 0.25) is 0 Å². The minimum Gasteiger partial charge on any atom is -0.203 e. The Morgan fingerprint density at radius 1 is 0.737 bits per heavy atom. The summed E-state index contributed by atoms with van der Waals surface area (Å²) in [5.74, 6) is -9.68. The number of halogens is 5. The number of benzene rings is 2. The first kappa shape index (κ1) is 13.9. The van der Waals surface area contributed by atoms with Gasteiger partial charge in [0.05, 0.1) is 5.56 Å². The molecule has 100 valence electrons. The van der Waals surface area contributed by atoms with Gasteiger partial charge in [-0.3, -0.25) is 0 Å². The fourth-order valence-corrected chi connectivity index (χ4v) is 2.30. The predicted octanol–water partition coefficient (Wildman–Crippen LogP) is 4.77. The van der Waals surface area contributed by atoms with E-state index in [0.29, 0.717) is 4.90 Å². The summed E-state index contributed by atoms with van der Waals surface area (Å²) in [4.78, 5) is 0.422. The summed E-state index contributed by atoms with van der Waals surface area (Å²) < 4.78 is 66.6. The average molecular weight is 290 g/mol. The van der Waals surface area contributed by atoms with Crippen LogP contribution in [0.3, 0.4) is 0 Å². The summed E-state index contributed by atoms with van der Waals surface area (Å²) in [6.45, 7) is 0. The highest BCUT2D eigenvalue weighted by molar-refractivity contribution is 7.98. The lowest BCUT2D eigenvalue weighted by atomic mass is 10.0. The Labute approximate surface area is 110 Å². The summed E-state index contributed by atoms with van der Waals surface area (Å²) in [5.41, 5.74) is -0.927. The third-order valence-corrected chi connectivity index (χ3v) is 3.38. The van der Waals surface area contributed by atoms with E-state index in [1.54, 1.807) is 12.3 Å². The molecule has 0 unspecified atom stereocenters. The molecule has 0 aliphatic rings. The van der Waals surface area contributed by atoms with Crippen molar-refractivity contribution in [1.82, 2.24) is 0 Å². The van der Waals surface area contributed by atoms with E-state index in [2.05, 4.69) is 0 Å². The van der Waals surface area contributed by atoms with E-state index in [1.165, 1.54) is 18.2 Å². The number of rotatable bonds is 2. The van der Waals surface area contributed by atoms with Crippen LogP contribution in [0.25, 0.3) is 11.1 Å². The molecule has 0 aliphatic heterocycles. The van der Waals surface area contributed by atoms with Gasteiger partial charge in [-0.05, 0) is 12.3 Å². The van der Waals surface area contributed by atoms with Crippen LogP contribution in [-0.2, 0) is 0 Å². The van der Waals surface area contributed by atoms with E-state index in [9.17, 15) is 22.0 Å². The molecule has 0 nitrogen and oxygen atoms in total. The highest BCUT2D eigenvalue weighted by Gasteiger charge is 2.27. The molecule has 0 aliphatic carbocycles. The van der Waals surface area contributed by atoms with E-state index in [-0.39, 0.29) is 5.56 Å². The largest absolute Gasteiger partial charge is 0.203 e. The van der Waals surface area contributed by atoms with Crippen LogP contribution in [0.4, 0.5) is 22.0 Å². The van der Waals surface area contributed by atoms with Crippen molar-refractivity contribution in [3.05, 3.63) is 53.4 Å². The molecule has 0 radical (unpaired) electrons. The summed E-state index contributed by atoms with van der Waals surface area (Å²) in [6.07, 6.45) is 1.64. The van der Waals surface area contributed by atoms with Crippen molar-refractivity contribution in [3.8, 4) is 11.1 Å². The smallest absolute Gasteiger partial charge is 0.200 e. The Morgan fingerprint density at radius 3 is 1.74 bits per heavy atom. The van der Waals surface area contributed by atoms with Crippen LogP contribution in [0.5, 0.6) is 0 Å². The maximum atomic E-state index is 13.7. The monoisotopic (exact) mass is 290 g/mol. The molecule has 0 fully saturated rings. The summed E-state index contributed by atoms with van der Waals surface area (Å²) in [6, 6.07) is 5.93. The van der Waals surface area contributed by atoms with Crippen molar-refractivity contribution in [3.63, 3.8) is 0 Å². The van der Waals surface area contributed by atoms with Crippen molar-refractivity contribution >= 4 is 11.8 Å². The first-order valence-corrected chi connectivity index (χ1v) is 6.36. The second kappa shape index (κ2) is 5.21. The molecule has 0 heterocycles. The Balaban J connectivity index is 2.83. The second-order valence-electron chi connectivity index (χ2n) is 3.65. The molecular weight excluding hydrogens is 283 g/mol. The van der Waals surface area contributed by atoms with Crippen LogP contribution in [0.15, 0.2) is 29.2 Å². The van der Waals surface area contributed by atoms with Crippen LogP contribution < -0.4 is 0 Å². The van der Waals surface area contributed by atoms with Gasteiger partial charge in [-0.1, -0.05) is 18.2 Å². The molecule has 0 saturated carbocycles. The zero-order valence-electron chi connectivity index (χ0n) is 9.61. The van der Waals surface area contributed by atoms with Crippen molar-refractivity contribution < 1.29 is 22.0 Å². The fourth-order valence-electron chi connectivity index (χ4n) is 1.69. The summed E-state index contributed by atoms with van der Waals surface area (Å²) in [7, 11) is 0. The van der Waals surface area contributed by atoms with Gasteiger partial charge < -0.3 is 0 Å². The fraction of sp³-hybridized carbons (Fsp3) is 0.0769. The lowest BCUT2D eigenvalue weighted by Crippen LogP contribution is -2.04. The molecule has 2 rings (SSSR count). The molecule has 0 atom stereocenters. The topological polar surface area (TPSA) is 0 Å². The Morgan fingerprint density at radius 2 is 1.21 bits per heavy atom. The van der Waals surface area contributed by atoms with E-state index < -0.39 is 34.6 Å². The summed E-state index contributed by atoms with van der Waals surface area (Å²) in [5, 5.41) is 0. The number of hydrogen-bond donors (Lipinski definition) is 0. The standard InChI is InChI=1S/C13H7F5S/c1-19-7-5-3-2-4-6(7)8-9(14)11(16)13(18)12(17)10(8)15/h2-5H,1H3. The van der Waals surface area contributed by atoms with E-state index >= 15 is 0 Å². The van der Waals surface area contributed by atoms with Gasteiger partial charge in [-0.25, -0.2) is 22.0 Å². The molecular formula is C13H7F5S. The lowest BCUT2D eigenvalue weighted by molar-refractivity contribution is 0.381. The van der Waals surface area contributed by atoms with Gasteiger partial charge in [0.2, 0.25) is 5.82 Å². The third kappa shape index (κ3) is 2.20. The van der Waals surface area contributed by atoms with Gasteiger partial charge in [-0.2, -0.15) is 0 Å². The highest BCUT2D eigenvalue weighted by atomic mass is 32.2. The Hall–Kier alpha value is -1.56. The minimum absolute atomic E-state index is 0.0252. The van der Waals surface area contributed by atoms with Gasteiger partial charge in [0.1, 0.15) is 0 Å². The molecule has 19 heavy (non-hydrogen) atoms. The second-order valence-corrected chi connectivity index (χ2v) is 4.49. The van der Waals surface area contributed by atoms with Gasteiger partial charge in [0, 0.05) is 10.5 Å². The predicted molar refractivity (Wildman–Crippen MR) is 63.4 cm³/mol. The maximum Gasteiger partial charge on any atom is 0.200 e. The lowest BCUT2D eigenvalue weighted by Gasteiger charge is -2.11. The Kier molecular flexibility index (Phi) is 3.80. The first-order valence-electron chi connectivity index (χ1n) is 5.13. The Bertz CT molecular complexity index is 610. The molecule has 0 saturated heterocycles. The van der Waals surface area contributed by atoms with Crippen molar-refractivity contribution in [2.45, 2.75) is 4.90 Å². The van der Waals surface area contributed by atoms with Gasteiger partial charge >= 0.3 is 0 Å². The third-order valence-electron chi connectivity index (χ3n) is 2.59. The van der Waals surface area contributed by atoms with Crippen molar-refractivity contribution in [2.24, 2.45) is 0 Å². The molecule has 6 heteroatoms. The van der Waals surface area contributed by atoms with Crippen LogP contribution in [-0.4, -0.2) is 6.26 Å².